The lowest BCUT2D eigenvalue weighted by atomic mass is 9.91. The monoisotopic (exact) mass is 1270 g/mol. The van der Waals surface area contributed by atoms with Crippen molar-refractivity contribution in [3.8, 4) is 0 Å². The third-order valence-electron chi connectivity index (χ3n) is 16.2. The summed E-state index contributed by atoms with van der Waals surface area (Å²) in [5.74, 6) is -16.5. The summed E-state index contributed by atoms with van der Waals surface area (Å²) < 4.78 is 5.70. The largest absolute Gasteiger partial charge is 0.480 e. The van der Waals surface area contributed by atoms with Crippen LogP contribution >= 0.6 is 0 Å². The molecule has 2 aromatic heterocycles. The zero-order valence-corrected chi connectivity index (χ0v) is 50.5. The minimum atomic E-state index is -2.19. The molecule has 0 radical (unpaired) electrons. The van der Waals surface area contributed by atoms with E-state index in [2.05, 4.69) is 52.5 Å². The van der Waals surface area contributed by atoms with Gasteiger partial charge < -0.3 is 103 Å². The van der Waals surface area contributed by atoms with Gasteiger partial charge in [0.1, 0.15) is 60.1 Å². The summed E-state index contributed by atoms with van der Waals surface area (Å²) in [6.45, 7) is 5.13. The van der Waals surface area contributed by atoms with E-state index in [-0.39, 0.29) is 19.4 Å². The number of rotatable bonds is 13. The van der Waals surface area contributed by atoms with Gasteiger partial charge in [-0.1, -0.05) is 57.2 Å². The second-order valence-electron chi connectivity index (χ2n) is 23.1. The van der Waals surface area contributed by atoms with Crippen LogP contribution in [0.4, 0.5) is 0 Å². The van der Waals surface area contributed by atoms with Gasteiger partial charge in [0.05, 0.1) is 44.0 Å². The van der Waals surface area contributed by atoms with Crippen LogP contribution in [-0.2, 0) is 62.3 Å². The lowest BCUT2D eigenvalue weighted by Gasteiger charge is -2.35. The molecule has 10 amide bonds. The van der Waals surface area contributed by atoms with E-state index in [4.69, 9.17) is 10.5 Å². The Morgan fingerprint density at radius 3 is 1.97 bits per heavy atom. The predicted molar refractivity (Wildman–Crippen MR) is 319 cm³/mol. The molecule has 3 fully saturated rings. The van der Waals surface area contributed by atoms with Crippen LogP contribution in [-0.4, -0.2) is 233 Å². The second kappa shape index (κ2) is 30.0. The Morgan fingerprint density at radius 1 is 0.736 bits per heavy atom. The molecule has 492 valence electrons. The summed E-state index contributed by atoms with van der Waals surface area (Å²) in [7, 11) is 0. The molecule has 0 bridgehead atoms. The molecular formula is C59H77N13O19. The number of aromatic amines is 2. The number of aliphatic hydroxyl groups excluding tert-OH is 5. The molecule has 3 saturated heterocycles. The molecule has 7 rings (SSSR count). The predicted octanol–water partition coefficient (Wildman–Crippen LogP) is -4.98. The fourth-order valence-corrected chi connectivity index (χ4v) is 10.9. The molecule has 3 aliphatic rings. The minimum absolute atomic E-state index is 0.153. The molecule has 32 heteroatoms. The standard InChI is InChI=1S/C59H77N13O19/c1-25(2)49(79)46-57(87)72-18-16-40(76)48(72)59(90)91-29(6)45(69-52(82)38(24-73)65-41(77)20-34(60)58(88)89)55(85)68-44(28(5)74)54(84)64-27(4)50(80)63-23-42(78)71-17-15-39(75)47(71)56(86)66-37(19-30-21-61-35-13-9-7-11-31(30)35)51(81)67-43(53(83)70-46)26(3)33-22-62-36-14-10-8-12-32(33)36/h7-14,19,21-22,25-29,34,38-40,43-49,61-62,73-76,79H,15-18,20,23-24,60H2,1-6H3,(H,63,80)(H,64,84)(H,65,77)(H,66,86)(H,67,81)(H,68,85)(H,69,82)(H,70,83)(H,88,89)/b37-19+/t26-,27-,28-,29+,34-,38-,39-,40+,43-,44-,45-,46-,47-,48-,49-/m0/s1. The number of cyclic esters (lactones) is 1. The molecule has 4 aromatic rings. The normalized spacial score (nSPS) is 27.0. The van der Waals surface area contributed by atoms with Crippen molar-refractivity contribution in [2.75, 3.05) is 26.2 Å². The highest BCUT2D eigenvalue weighted by Crippen LogP contribution is 2.30. The van der Waals surface area contributed by atoms with Gasteiger partial charge in [-0.05, 0) is 63.3 Å². The van der Waals surface area contributed by atoms with Crippen molar-refractivity contribution in [2.24, 2.45) is 11.7 Å². The van der Waals surface area contributed by atoms with Crippen LogP contribution in [0.3, 0.4) is 0 Å². The summed E-state index contributed by atoms with van der Waals surface area (Å²) >= 11 is 0. The Hall–Kier alpha value is -9.34. The number of ether oxygens (including phenoxy) is 1. The molecule has 91 heavy (non-hydrogen) atoms. The first-order chi connectivity index (χ1) is 43.0. The number of aromatic nitrogens is 2. The Bertz CT molecular complexity index is 3460. The lowest BCUT2D eigenvalue weighted by molar-refractivity contribution is -0.164. The topological polar surface area (TPSA) is 496 Å². The number of H-pyrrole nitrogens is 2. The Labute approximate surface area is 519 Å². The van der Waals surface area contributed by atoms with E-state index in [0.717, 1.165) is 30.6 Å². The van der Waals surface area contributed by atoms with Crippen LogP contribution in [0.5, 0.6) is 0 Å². The molecule has 0 unspecified atom stereocenters. The first-order valence-corrected chi connectivity index (χ1v) is 29.4. The van der Waals surface area contributed by atoms with Crippen molar-refractivity contribution < 1.29 is 92.9 Å². The quantitative estimate of drug-likeness (QED) is 0.0440. The number of carboxylic acids is 1. The molecular weight excluding hydrogens is 1190 g/mol. The molecule has 2 aromatic carbocycles. The van der Waals surface area contributed by atoms with Gasteiger partial charge in [-0.15, -0.1) is 0 Å². The highest BCUT2D eigenvalue weighted by molar-refractivity contribution is 6.07. The third kappa shape index (κ3) is 16.2. The number of nitrogens with zero attached hydrogens (tertiary/aromatic N) is 2. The molecule has 18 N–H and O–H groups in total. The number of benzene rings is 2. The first-order valence-electron chi connectivity index (χ1n) is 29.4. The van der Waals surface area contributed by atoms with Crippen LogP contribution in [0.1, 0.15) is 77.8 Å². The van der Waals surface area contributed by atoms with E-state index in [1.807, 2.05) is 0 Å². The number of aliphatic carboxylic acids is 1. The lowest BCUT2D eigenvalue weighted by Crippen LogP contribution is -2.64. The van der Waals surface area contributed by atoms with Crippen molar-refractivity contribution in [3.05, 3.63) is 77.7 Å². The third-order valence-corrected chi connectivity index (χ3v) is 16.2. The van der Waals surface area contributed by atoms with Gasteiger partial charge in [-0.25, -0.2) is 4.79 Å². The number of carboxylic acid groups (broad SMARTS) is 1. The van der Waals surface area contributed by atoms with E-state index in [1.165, 1.54) is 26.1 Å². The summed E-state index contributed by atoms with van der Waals surface area (Å²) in [5.41, 5.74) is 7.01. The highest BCUT2D eigenvalue weighted by Gasteiger charge is 2.49. The number of hydrogen-bond donors (Lipinski definition) is 17. The van der Waals surface area contributed by atoms with Gasteiger partial charge in [0.2, 0.25) is 53.2 Å². The Morgan fingerprint density at radius 2 is 1.33 bits per heavy atom. The molecule has 0 spiro atoms. The van der Waals surface area contributed by atoms with E-state index >= 15 is 14.4 Å². The van der Waals surface area contributed by atoms with Gasteiger partial charge in [-0.3, -0.25) is 52.7 Å². The summed E-state index contributed by atoms with van der Waals surface area (Å²) in [6.07, 6.45) is -5.75. The van der Waals surface area contributed by atoms with E-state index in [1.54, 1.807) is 61.7 Å². The van der Waals surface area contributed by atoms with Crippen LogP contribution < -0.4 is 48.3 Å². The molecule has 15 atom stereocenters. The van der Waals surface area contributed by atoms with Gasteiger partial charge in [0.15, 0.2) is 6.04 Å². The van der Waals surface area contributed by atoms with Crippen LogP contribution in [0.2, 0.25) is 0 Å². The first kappa shape index (κ1) is 69.1. The second-order valence-corrected chi connectivity index (χ2v) is 23.1. The van der Waals surface area contributed by atoms with Crippen LogP contribution in [0.25, 0.3) is 27.9 Å². The van der Waals surface area contributed by atoms with E-state index in [0.29, 0.717) is 32.9 Å². The zero-order chi connectivity index (χ0) is 66.9. The van der Waals surface area contributed by atoms with E-state index in [9.17, 15) is 73.8 Å². The molecule has 32 nitrogen and oxygen atoms in total. The SMILES string of the molecule is CC(C)[C@H](O)[C@@H]1NC(=O)[C@H]([C@@H](C)c2c[nH]c3ccccc23)NC(=O)/C(=C\c2c[nH]c3ccccc23)NC(=O)[C@@H]2[C@@H](O)CCN2C(=O)CNC(=O)[C@H](C)NC(=O)[C@H]([C@H](C)O)NC(=O)[C@@H](NC(=O)[C@H](CO)NC(=O)C[C@H](N)C(=O)O)[C@@H](C)OC(=O)[C@@H]2[C@H](O)CCN2C1=O. The molecule has 5 heterocycles. The minimum Gasteiger partial charge on any atom is -0.480 e. The summed E-state index contributed by atoms with van der Waals surface area (Å²) in [6, 6.07) is -2.95. The van der Waals surface area contributed by atoms with Crippen LogP contribution in [0.15, 0.2) is 66.6 Å². The Balaban J connectivity index is 1.31. The fourth-order valence-electron chi connectivity index (χ4n) is 10.9. The number of nitrogens with two attached hydrogens (primary N) is 1. The van der Waals surface area contributed by atoms with Gasteiger partial charge in [-0.2, -0.15) is 0 Å². The highest BCUT2D eigenvalue weighted by atomic mass is 16.5. The van der Waals surface area contributed by atoms with Crippen LogP contribution in [0, 0.1) is 5.92 Å². The molecule has 0 saturated carbocycles. The van der Waals surface area contributed by atoms with Gasteiger partial charge >= 0.3 is 11.9 Å². The van der Waals surface area contributed by atoms with Crippen molar-refractivity contribution in [2.45, 2.75) is 152 Å². The number of hydrogen-bond acceptors (Lipinski definition) is 19. The van der Waals surface area contributed by atoms with Crippen molar-refractivity contribution in [1.82, 2.24) is 62.3 Å². The number of carbonyl (C=O) groups excluding carboxylic acids is 11. The van der Waals surface area contributed by atoms with Crippen molar-refractivity contribution >= 4 is 98.9 Å². The average molecular weight is 1270 g/mol. The number of nitrogens with one attached hydrogen (secondary N) is 10. The fraction of sp³-hybridized carbons (Fsp3) is 0.492. The number of carbonyl (C=O) groups is 12. The number of fused-ring (bicyclic) bond motifs is 4. The van der Waals surface area contributed by atoms with Crippen molar-refractivity contribution in [3.63, 3.8) is 0 Å². The maximum absolute atomic E-state index is 15.3. The average Bonchev–Trinajstić information content (AvgIpc) is 2.13. The summed E-state index contributed by atoms with van der Waals surface area (Å²) in [4.78, 5) is 176. The van der Waals surface area contributed by atoms with Gasteiger partial charge in [0, 0.05) is 58.8 Å². The number of aliphatic hydroxyl groups is 5. The van der Waals surface area contributed by atoms with Gasteiger partial charge in [0.25, 0.3) is 5.91 Å². The molecule has 0 aliphatic carbocycles. The molecule has 3 aliphatic heterocycles. The number of amides is 10. The number of esters is 1. The maximum atomic E-state index is 15.3. The maximum Gasteiger partial charge on any atom is 0.331 e. The smallest absolute Gasteiger partial charge is 0.331 e. The summed E-state index contributed by atoms with van der Waals surface area (Å²) in [5, 5.41) is 85.0. The number of para-hydroxylation sites is 2. The Kier molecular flexibility index (Phi) is 22.8. The zero-order valence-electron chi connectivity index (χ0n) is 50.5. The van der Waals surface area contributed by atoms with Crippen molar-refractivity contribution in [1.29, 1.82) is 0 Å². The van der Waals surface area contributed by atoms with E-state index < -0.39 is 200 Å².